The average Bonchev–Trinajstić information content (AvgIpc) is 2.27. The molecule has 0 bridgehead atoms. The van der Waals surface area contributed by atoms with E-state index < -0.39 is 6.17 Å². The topological polar surface area (TPSA) is 12.9 Å². The lowest BCUT2D eigenvalue weighted by Gasteiger charge is -2.12. The lowest BCUT2D eigenvalue weighted by Crippen LogP contribution is -2.12. The van der Waals surface area contributed by atoms with Crippen LogP contribution in [0.3, 0.4) is 0 Å². The second kappa shape index (κ2) is 2.83. The number of aryl methyl sites for hydroxylation is 1. The summed E-state index contributed by atoms with van der Waals surface area (Å²) in [5, 5.41) is 0. The third-order valence-corrected chi connectivity index (χ3v) is 3.42. The van der Waals surface area contributed by atoms with E-state index in [1.54, 1.807) is 11.3 Å². The van der Waals surface area contributed by atoms with Gasteiger partial charge in [-0.2, -0.15) is 0 Å². The van der Waals surface area contributed by atoms with Crippen LogP contribution in [0.4, 0.5) is 4.39 Å². The minimum absolute atomic E-state index is 0.568. The Kier molecular flexibility index (Phi) is 1.97. The lowest BCUT2D eigenvalue weighted by molar-refractivity contribution is 0.302. The van der Waals surface area contributed by atoms with Crippen molar-refractivity contribution in [2.24, 2.45) is 0 Å². The number of alkyl halides is 1. The summed E-state index contributed by atoms with van der Waals surface area (Å²) in [7, 11) is 0. The van der Waals surface area contributed by atoms with Gasteiger partial charge in [0, 0.05) is 11.3 Å². The first-order chi connectivity index (χ1) is 5.25. The number of hydrogen-bond acceptors (Lipinski definition) is 2. The van der Waals surface area contributed by atoms with Crippen LogP contribution in [0.5, 0.6) is 0 Å². The van der Waals surface area contributed by atoms with E-state index in [0.29, 0.717) is 12.8 Å². The largest absolute Gasteiger partial charge is 0.247 e. The average molecular weight is 236 g/mol. The maximum atomic E-state index is 12.8. The van der Waals surface area contributed by atoms with E-state index in [1.165, 1.54) is 0 Å². The van der Waals surface area contributed by atoms with E-state index in [9.17, 15) is 4.39 Å². The van der Waals surface area contributed by atoms with Crippen LogP contribution in [-0.4, -0.2) is 11.2 Å². The maximum absolute atomic E-state index is 12.8. The zero-order valence-corrected chi connectivity index (χ0v) is 8.21. The molecule has 60 valence electrons. The highest BCUT2D eigenvalue weighted by molar-refractivity contribution is 9.11. The van der Waals surface area contributed by atoms with Crippen molar-refractivity contribution in [3.63, 3.8) is 0 Å². The molecule has 1 atom stereocenters. The van der Waals surface area contributed by atoms with Gasteiger partial charge < -0.3 is 0 Å². The molecule has 2 rings (SSSR count). The molecule has 1 aromatic rings. The van der Waals surface area contributed by atoms with Gasteiger partial charge in [-0.15, -0.1) is 11.3 Å². The molecular formula is C7H7BrFNS. The van der Waals surface area contributed by atoms with Crippen LogP contribution in [0.25, 0.3) is 0 Å². The molecule has 0 aliphatic heterocycles. The summed E-state index contributed by atoms with van der Waals surface area (Å²) in [4.78, 5) is 5.38. The molecule has 4 heteroatoms. The Hall–Kier alpha value is 0.0400. The van der Waals surface area contributed by atoms with Crippen LogP contribution in [0.2, 0.25) is 0 Å². The van der Waals surface area contributed by atoms with Crippen molar-refractivity contribution in [2.75, 3.05) is 0 Å². The second-order valence-electron chi connectivity index (χ2n) is 2.68. The highest BCUT2D eigenvalue weighted by Gasteiger charge is 2.21. The van der Waals surface area contributed by atoms with Crippen LogP contribution in [-0.2, 0) is 12.8 Å². The molecule has 0 spiro atoms. The number of halogens is 2. The first-order valence-corrected chi connectivity index (χ1v) is 5.15. The summed E-state index contributed by atoms with van der Waals surface area (Å²) < 4.78 is 13.7. The third kappa shape index (κ3) is 1.47. The molecule has 1 nitrogen and oxygen atoms in total. The fourth-order valence-electron chi connectivity index (χ4n) is 1.30. The quantitative estimate of drug-likeness (QED) is 0.674. The molecular weight excluding hydrogens is 229 g/mol. The number of thiazole rings is 1. The van der Waals surface area contributed by atoms with Crippen LogP contribution in [0, 0.1) is 0 Å². The molecule has 1 aliphatic rings. The van der Waals surface area contributed by atoms with Gasteiger partial charge in [0.2, 0.25) is 0 Å². The maximum Gasteiger partial charge on any atom is 0.159 e. The highest BCUT2D eigenvalue weighted by atomic mass is 79.9. The number of rotatable bonds is 0. The van der Waals surface area contributed by atoms with Gasteiger partial charge in [-0.25, -0.2) is 9.37 Å². The first-order valence-electron chi connectivity index (χ1n) is 3.54. The van der Waals surface area contributed by atoms with E-state index in [-0.39, 0.29) is 0 Å². The second-order valence-corrected chi connectivity index (χ2v) is 5.04. The fraction of sp³-hybridized carbons (Fsp3) is 0.571. The third-order valence-electron chi connectivity index (χ3n) is 1.85. The van der Waals surface area contributed by atoms with Crippen molar-refractivity contribution in [2.45, 2.75) is 25.4 Å². The van der Waals surface area contributed by atoms with Gasteiger partial charge in [0.15, 0.2) is 3.92 Å². The van der Waals surface area contributed by atoms with Crippen LogP contribution in [0.15, 0.2) is 3.92 Å². The predicted octanol–water partition coefficient (Wildman–Crippen LogP) is 2.73. The molecule has 0 radical (unpaired) electrons. The van der Waals surface area contributed by atoms with Crippen molar-refractivity contribution in [3.05, 3.63) is 14.5 Å². The van der Waals surface area contributed by atoms with Crippen molar-refractivity contribution in [1.82, 2.24) is 4.98 Å². The van der Waals surface area contributed by atoms with E-state index in [4.69, 9.17) is 0 Å². The molecule has 0 N–H and O–H groups in total. The van der Waals surface area contributed by atoms with Gasteiger partial charge in [0.05, 0.1) is 5.69 Å². The molecule has 0 saturated carbocycles. The zero-order valence-electron chi connectivity index (χ0n) is 5.81. The summed E-state index contributed by atoms with van der Waals surface area (Å²) >= 11 is 4.86. The minimum atomic E-state index is -0.644. The highest BCUT2D eigenvalue weighted by Crippen LogP contribution is 2.30. The smallest absolute Gasteiger partial charge is 0.159 e. The Balaban J connectivity index is 2.34. The SMILES string of the molecule is FC1CCc2nc(Br)sc2C1. The molecule has 0 saturated heterocycles. The standard InChI is InChI=1S/C7H7BrFNS/c8-7-10-5-2-1-4(9)3-6(5)11-7/h4H,1-3H2. The summed E-state index contributed by atoms with van der Waals surface area (Å²) in [5.74, 6) is 0. The Morgan fingerprint density at radius 3 is 3.27 bits per heavy atom. The van der Waals surface area contributed by atoms with Crippen molar-refractivity contribution in [1.29, 1.82) is 0 Å². The first kappa shape index (κ1) is 7.68. The number of fused-ring (bicyclic) bond motifs is 1. The Labute approximate surface area is 76.8 Å². The zero-order chi connectivity index (χ0) is 7.84. The van der Waals surface area contributed by atoms with Crippen LogP contribution in [0.1, 0.15) is 17.0 Å². The Morgan fingerprint density at radius 1 is 1.64 bits per heavy atom. The predicted molar refractivity (Wildman–Crippen MR) is 46.7 cm³/mol. The summed E-state index contributed by atoms with van der Waals surface area (Å²) in [6, 6.07) is 0. The van der Waals surface area contributed by atoms with E-state index >= 15 is 0 Å². The van der Waals surface area contributed by atoms with Gasteiger partial charge in [0.25, 0.3) is 0 Å². The van der Waals surface area contributed by atoms with Gasteiger partial charge in [-0.1, -0.05) is 0 Å². The molecule has 1 aromatic heterocycles. The van der Waals surface area contributed by atoms with Crippen LogP contribution >= 0.6 is 27.3 Å². The Morgan fingerprint density at radius 2 is 2.45 bits per heavy atom. The molecule has 0 fully saturated rings. The van der Waals surface area contributed by atoms with Crippen LogP contribution < -0.4 is 0 Å². The molecule has 0 aromatic carbocycles. The van der Waals surface area contributed by atoms with E-state index in [1.807, 2.05) is 0 Å². The molecule has 0 amide bonds. The van der Waals surface area contributed by atoms with E-state index in [0.717, 1.165) is 20.9 Å². The summed E-state index contributed by atoms with van der Waals surface area (Å²) in [6.07, 6.45) is 1.37. The lowest BCUT2D eigenvalue weighted by atomic mass is 10.0. The number of hydrogen-bond donors (Lipinski definition) is 0. The van der Waals surface area contributed by atoms with Gasteiger partial charge in [-0.05, 0) is 28.8 Å². The number of nitrogens with zero attached hydrogens (tertiary/aromatic N) is 1. The monoisotopic (exact) mass is 235 g/mol. The molecule has 1 aliphatic carbocycles. The van der Waals surface area contributed by atoms with Crippen molar-refractivity contribution < 1.29 is 4.39 Å². The van der Waals surface area contributed by atoms with Gasteiger partial charge >= 0.3 is 0 Å². The normalized spacial score (nSPS) is 23.3. The van der Waals surface area contributed by atoms with Crippen molar-refractivity contribution in [3.8, 4) is 0 Å². The van der Waals surface area contributed by atoms with Gasteiger partial charge in [-0.3, -0.25) is 0 Å². The minimum Gasteiger partial charge on any atom is -0.247 e. The number of aromatic nitrogens is 1. The molecule has 1 heterocycles. The Bertz CT molecular complexity index is 273. The van der Waals surface area contributed by atoms with Gasteiger partial charge in [0.1, 0.15) is 6.17 Å². The fourth-order valence-corrected chi connectivity index (χ4v) is 2.99. The molecule has 1 unspecified atom stereocenters. The summed E-state index contributed by atoms with van der Waals surface area (Å²) in [6.45, 7) is 0. The van der Waals surface area contributed by atoms with Crippen molar-refractivity contribution >= 4 is 27.3 Å². The summed E-state index contributed by atoms with van der Waals surface area (Å²) in [5.41, 5.74) is 1.09. The molecule has 11 heavy (non-hydrogen) atoms. The van der Waals surface area contributed by atoms with E-state index in [2.05, 4.69) is 20.9 Å².